The van der Waals surface area contributed by atoms with E-state index in [1.807, 2.05) is 62.6 Å². The second-order valence-corrected chi connectivity index (χ2v) is 15.9. The Hall–Kier alpha value is -2.85. The molecule has 0 spiro atoms. The molecule has 2 aromatic carbocycles. The molecule has 0 heterocycles. The fourth-order valence-electron chi connectivity index (χ4n) is 6.27. The minimum atomic E-state index is -1.40. The van der Waals surface area contributed by atoms with Crippen LogP contribution in [-0.2, 0) is 32.8 Å². The highest BCUT2D eigenvalue weighted by Crippen LogP contribution is 2.50. The molecular formula is C31H52B7FN4O4. The van der Waals surface area contributed by atoms with Gasteiger partial charge < -0.3 is 30.3 Å². The number of halogens is 1. The Balaban J connectivity index is 2.54. The fourth-order valence-corrected chi connectivity index (χ4v) is 6.27. The Labute approximate surface area is 288 Å². The van der Waals surface area contributed by atoms with Gasteiger partial charge in [-0.2, -0.15) is 0 Å². The first-order chi connectivity index (χ1) is 21.5. The summed E-state index contributed by atoms with van der Waals surface area (Å²) >= 11 is 0. The van der Waals surface area contributed by atoms with Gasteiger partial charge in [0.05, 0.1) is 11.5 Å². The monoisotopic (exact) mass is 640 g/mol. The van der Waals surface area contributed by atoms with Gasteiger partial charge in [-0.1, -0.05) is 56.3 Å². The third-order valence-electron chi connectivity index (χ3n) is 10.4. The summed E-state index contributed by atoms with van der Waals surface area (Å²) in [5.74, 6) is -0.700. The largest absolute Gasteiger partial charge is 0.392 e. The van der Waals surface area contributed by atoms with Gasteiger partial charge >= 0.3 is 0 Å². The lowest BCUT2D eigenvalue weighted by molar-refractivity contribution is -0.137. The number of amides is 2. The maximum absolute atomic E-state index is 16.4. The topological polar surface area (TPSA) is 102 Å². The molecule has 0 aliphatic rings. The predicted molar refractivity (Wildman–Crippen MR) is 209 cm³/mol. The van der Waals surface area contributed by atoms with Crippen molar-refractivity contribution in [3.63, 3.8) is 0 Å². The lowest BCUT2D eigenvalue weighted by Crippen LogP contribution is -2.68. The zero-order chi connectivity index (χ0) is 36.2. The number of benzene rings is 2. The van der Waals surface area contributed by atoms with Crippen LogP contribution in [0.2, 0.25) is 10.4 Å². The first kappa shape index (κ1) is 40.3. The van der Waals surface area contributed by atoms with Gasteiger partial charge in [-0.05, 0) is 52.6 Å². The molecule has 248 valence electrons. The van der Waals surface area contributed by atoms with Crippen molar-refractivity contribution in [2.24, 2.45) is 5.41 Å². The van der Waals surface area contributed by atoms with Gasteiger partial charge in [-0.25, -0.2) is 4.39 Å². The van der Waals surface area contributed by atoms with E-state index in [9.17, 15) is 19.5 Å². The third kappa shape index (κ3) is 8.61. The first-order valence-electron chi connectivity index (χ1n) is 16.5. The van der Waals surface area contributed by atoms with Crippen LogP contribution in [0.25, 0.3) is 0 Å². The molecule has 47 heavy (non-hydrogen) atoms. The van der Waals surface area contributed by atoms with Crippen molar-refractivity contribution >= 4 is 79.2 Å². The second-order valence-electron chi connectivity index (χ2n) is 15.9. The summed E-state index contributed by atoms with van der Waals surface area (Å²) in [5.41, 5.74) is 1.93. The average Bonchev–Trinajstić information content (AvgIpc) is 2.97. The summed E-state index contributed by atoms with van der Waals surface area (Å²) in [7, 11) is 14.4. The molecular weight excluding hydrogens is 587 g/mol. The van der Waals surface area contributed by atoms with Crippen molar-refractivity contribution in [1.82, 2.24) is 15.1 Å². The molecule has 0 saturated carbocycles. The number of carbonyl (C=O) groups is 3. The molecule has 16 heteroatoms. The molecule has 2 amide bonds. The van der Waals surface area contributed by atoms with E-state index >= 15 is 4.39 Å². The van der Waals surface area contributed by atoms with E-state index in [0.29, 0.717) is 36.3 Å². The predicted octanol–water partition coefficient (Wildman–Crippen LogP) is -3.15. The Morgan fingerprint density at radius 1 is 1.02 bits per heavy atom. The molecule has 2 unspecified atom stereocenters. The normalized spacial score (nSPS) is 14.6. The lowest BCUT2D eigenvalue weighted by Gasteiger charge is -2.55. The van der Waals surface area contributed by atoms with Crippen LogP contribution in [0.5, 0.6) is 0 Å². The van der Waals surface area contributed by atoms with Gasteiger partial charge in [0.2, 0.25) is 12.3 Å². The van der Waals surface area contributed by atoms with E-state index in [1.165, 1.54) is 11.9 Å². The number of aliphatic hydroxyl groups is 1. The molecule has 0 fully saturated rings. The molecule has 0 radical (unpaired) electrons. The van der Waals surface area contributed by atoms with Crippen LogP contribution < -0.4 is 10.6 Å². The van der Waals surface area contributed by atoms with Gasteiger partial charge in [-0.3, -0.25) is 9.59 Å². The number of hydrogen-bond acceptors (Lipinski definition) is 6. The van der Waals surface area contributed by atoms with Crippen LogP contribution >= 0.6 is 0 Å². The number of anilines is 1. The lowest BCUT2D eigenvalue weighted by atomic mass is 9.23. The van der Waals surface area contributed by atoms with Gasteiger partial charge in [0.1, 0.15) is 67.0 Å². The highest BCUT2D eigenvalue weighted by molar-refractivity contribution is 6.63. The second kappa shape index (κ2) is 15.1. The summed E-state index contributed by atoms with van der Waals surface area (Å²) in [6.45, 7) is 11.4. The van der Waals surface area contributed by atoms with Gasteiger partial charge in [0, 0.05) is 44.5 Å². The summed E-state index contributed by atoms with van der Waals surface area (Å²) in [6, 6.07) is 11.1. The first-order valence-corrected chi connectivity index (χ1v) is 16.5. The Kier molecular flexibility index (Phi) is 13.0. The van der Waals surface area contributed by atoms with E-state index in [2.05, 4.69) is 36.3 Å². The number of nitrogens with one attached hydrogen (secondary N) is 2. The third-order valence-corrected chi connectivity index (χ3v) is 10.4. The number of aliphatic hydroxyl groups excluding tert-OH is 1. The Bertz CT molecular complexity index is 1440. The summed E-state index contributed by atoms with van der Waals surface area (Å²) < 4.78 is 16.4. The number of aryl methyl sites for hydroxylation is 1. The molecule has 2 rings (SSSR count). The van der Waals surface area contributed by atoms with Gasteiger partial charge in [0.25, 0.3) is 0 Å². The molecule has 8 nitrogen and oxygen atoms in total. The average molecular weight is 639 g/mol. The van der Waals surface area contributed by atoms with Crippen molar-refractivity contribution < 1.29 is 23.9 Å². The number of rotatable bonds is 16. The number of hydrogen-bond donors (Lipinski definition) is 3. The Morgan fingerprint density at radius 3 is 2.13 bits per heavy atom. The van der Waals surface area contributed by atoms with Crippen molar-refractivity contribution in [2.45, 2.75) is 75.0 Å². The van der Waals surface area contributed by atoms with Crippen LogP contribution in [-0.4, -0.2) is 120 Å². The summed E-state index contributed by atoms with van der Waals surface area (Å²) in [4.78, 5) is 42.1. The number of nitrogens with zero attached hydrogens (tertiary/aromatic N) is 2. The molecule has 0 aromatic heterocycles. The van der Waals surface area contributed by atoms with Gasteiger partial charge in [-0.15, -0.1) is 0 Å². The minimum absolute atomic E-state index is 0.0646. The van der Waals surface area contributed by atoms with Crippen LogP contribution in [0.15, 0.2) is 36.4 Å². The van der Waals surface area contributed by atoms with E-state index in [4.69, 9.17) is 0 Å². The zero-order valence-corrected chi connectivity index (χ0v) is 31.0. The maximum Gasteiger partial charge on any atom is 0.235 e. The summed E-state index contributed by atoms with van der Waals surface area (Å²) in [5, 5.41) is 13.8. The van der Waals surface area contributed by atoms with Crippen molar-refractivity contribution in [3.8, 4) is 0 Å². The SMILES string of the molecule is BC(B)(c1cccc(CNc2cccc(C)c2CN(C=O)C(B)(C(=O)NC)C(B)(B)C(B)(B)C=O)c1F)N(CC(C)O)CC(C)(C)C. The fraction of sp³-hybridized carbons (Fsp3) is 0.516. The highest BCUT2D eigenvalue weighted by atomic mass is 19.1. The molecule has 2 atom stereocenters. The Morgan fingerprint density at radius 2 is 1.62 bits per heavy atom. The van der Waals surface area contributed by atoms with E-state index in [0.717, 1.165) is 17.4 Å². The van der Waals surface area contributed by atoms with E-state index < -0.39 is 27.3 Å². The number of carbonyl (C=O) groups excluding carboxylic acids is 3. The molecule has 3 N–H and O–H groups in total. The maximum atomic E-state index is 16.4. The van der Waals surface area contributed by atoms with Crippen LogP contribution in [0.1, 0.15) is 49.9 Å². The van der Waals surface area contributed by atoms with Crippen molar-refractivity contribution in [3.05, 3.63) is 64.5 Å². The molecule has 2 aromatic rings. The van der Waals surface area contributed by atoms with Crippen molar-refractivity contribution in [1.29, 1.82) is 0 Å². The molecule has 0 saturated heterocycles. The zero-order valence-electron chi connectivity index (χ0n) is 31.0. The quantitative estimate of drug-likeness (QED) is 0.133. The summed E-state index contributed by atoms with van der Waals surface area (Å²) in [6.07, 6.45) is 0.917. The van der Waals surface area contributed by atoms with Crippen LogP contribution in [0.4, 0.5) is 10.1 Å². The minimum Gasteiger partial charge on any atom is -0.392 e. The molecule has 0 aliphatic heterocycles. The van der Waals surface area contributed by atoms with Crippen LogP contribution in [0.3, 0.4) is 0 Å². The standard InChI is InChI=1S/C31H52B7FN4O4/c1-19-9-7-12-24(22(19)15-43(18-45)29(34,26(47)40-6)31(37,38)28(32,33)17-44)41-13-21-10-8-11-23(25(21)39)30(35,36)42(14-20(2)46)16-27(3,4)5/h7-12,17-18,20,41,46H,13-16,32-38H2,1-6H3,(H,40,47). The van der Waals surface area contributed by atoms with Crippen LogP contribution in [0, 0.1) is 18.2 Å². The smallest absolute Gasteiger partial charge is 0.235 e. The van der Waals surface area contributed by atoms with Crippen molar-refractivity contribution in [2.75, 3.05) is 25.5 Å². The molecule has 0 bridgehead atoms. The highest BCUT2D eigenvalue weighted by Gasteiger charge is 2.56. The molecule has 0 aliphatic carbocycles. The van der Waals surface area contributed by atoms with E-state index in [-0.39, 0.29) is 30.2 Å². The van der Waals surface area contributed by atoms with E-state index in [1.54, 1.807) is 42.6 Å². The number of aldehydes is 1. The van der Waals surface area contributed by atoms with Gasteiger partial charge in [0.15, 0.2) is 0 Å². The number of likely N-dealkylation sites (N-methyl/N-ethyl adjacent to an activating group) is 1.